The van der Waals surface area contributed by atoms with Gasteiger partial charge in [-0.25, -0.2) is 4.98 Å². The molecular formula is C24H20ClN3O2S3. The van der Waals surface area contributed by atoms with Crippen LogP contribution in [0.25, 0.3) is 6.08 Å². The van der Waals surface area contributed by atoms with Crippen LogP contribution in [0.3, 0.4) is 0 Å². The van der Waals surface area contributed by atoms with Gasteiger partial charge in [0.1, 0.15) is 4.32 Å². The lowest BCUT2D eigenvalue weighted by molar-refractivity contribution is -0.122. The minimum atomic E-state index is -0.217. The van der Waals surface area contributed by atoms with Crippen LogP contribution >= 0.6 is 46.9 Å². The lowest BCUT2D eigenvalue weighted by Gasteiger charge is -2.13. The van der Waals surface area contributed by atoms with Gasteiger partial charge in [-0.05, 0) is 30.2 Å². The average molecular weight is 514 g/mol. The molecule has 2 heterocycles. The molecule has 168 valence electrons. The number of nitrogens with zero attached hydrogens (tertiary/aromatic N) is 2. The number of thioether (sulfide) groups is 1. The van der Waals surface area contributed by atoms with E-state index in [2.05, 4.69) is 10.3 Å². The maximum absolute atomic E-state index is 12.8. The van der Waals surface area contributed by atoms with Crippen LogP contribution in [0, 0.1) is 6.92 Å². The van der Waals surface area contributed by atoms with Gasteiger partial charge in [-0.15, -0.1) is 11.3 Å². The van der Waals surface area contributed by atoms with Gasteiger partial charge < -0.3 is 5.32 Å². The highest BCUT2D eigenvalue weighted by Gasteiger charge is 2.32. The highest BCUT2D eigenvalue weighted by Crippen LogP contribution is 2.32. The molecule has 0 saturated carbocycles. The summed E-state index contributed by atoms with van der Waals surface area (Å²) in [4.78, 5) is 32.5. The van der Waals surface area contributed by atoms with E-state index in [0.29, 0.717) is 25.8 Å². The van der Waals surface area contributed by atoms with E-state index in [0.717, 1.165) is 21.6 Å². The summed E-state index contributed by atoms with van der Waals surface area (Å²) >= 11 is 14.2. The summed E-state index contributed by atoms with van der Waals surface area (Å²) in [6.45, 7) is 2.24. The van der Waals surface area contributed by atoms with Crippen LogP contribution in [0.5, 0.6) is 0 Å². The molecular weight excluding hydrogens is 494 g/mol. The fraction of sp³-hybridized carbons (Fsp3) is 0.167. The van der Waals surface area contributed by atoms with Crippen LogP contribution < -0.4 is 5.32 Å². The van der Waals surface area contributed by atoms with Gasteiger partial charge in [-0.3, -0.25) is 14.5 Å². The minimum Gasteiger partial charge on any atom is -0.302 e. The van der Waals surface area contributed by atoms with Crippen molar-refractivity contribution in [1.82, 2.24) is 9.88 Å². The van der Waals surface area contributed by atoms with Crippen LogP contribution in [0.4, 0.5) is 5.13 Å². The zero-order valence-corrected chi connectivity index (χ0v) is 20.9. The van der Waals surface area contributed by atoms with Gasteiger partial charge >= 0.3 is 0 Å². The average Bonchev–Trinajstić information content (AvgIpc) is 3.33. The van der Waals surface area contributed by atoms with Crippen molar-refractivity contribution in [2.45, 2.75) is 19.8 Å². The molecule has 0 spiro atoms. The fourth-order valence-electron chi connectivity index (χ4n) is 3.18. The van der Waals surface area contributed by atoms with Crippen LogP contribution in [0.1, 0.15) is 28.0 Å². The predicted octanol–water partition coefficient (Wildman–Crippen LogP) is 5.93. The maximum Gasteiger partial charge on any atom is 0.266 e. The van der Waals surface area contributed by atoms with E-state index in [1.807, 2.05) is 61.5 Å². The zero-order valence-electron chi connectivity index (χ0n) is 17.7. The molecule has 1 aliphatic heterocycles. The molecule has 1 fully saturated rings. The third-order valence-corrected chi connectivity index (χ3v) is 7.59. The van der Waals surface area contributed by atoms with Crippen molar-refractivity contribution in [1.29, 1.82) is 0 Å². The molecule has 9 heteroatoms. The van der Waals surface area contributed by atoms with Crippen molar-refractivity contribution in [2.24, 2.45) is 0 Å². The van der Waals surface area contributed by atoms with Gasteiger partial charge in [0, 0.05) is 35.5 Å². The Bertz CT molecular complexity index is 1240. The summed E-state index contributed by atoms with van der Waals surface area (Å²) in [6.07, 6.45) is 4.34. The Balaban J connectivity index is 1.31. The van der Waals surface area contributed by atoms with Crippen molar-refractivity contribution in [3.63, 3.8) is 0 Å². The second-order valence-corrected chi connectivity index (χ2v) is 10.6. The number of nitrogens with one attached hydrogen (secondary N) is 1. The number of thiazole rings is 1. The van der Waals surface area contributed by atoms with Gasteiger partial charge in [0.05, 0.1) is 4.91 Å². The van der Waals surface area contributed by atoms with E-state index in [9.17, 15) is 9.59 Å². The van der Waals surface area contributed by atoms with E-state index < -0.39 is 0 Å². The summed E-state index contributed by atoms with van der Waals surface area (Å²) in [6, 6.07) is 15.6. The van der Waals surface area contributed by atoms with Crippen LogP contribution in [0.2, 0.25) is 5.02 Å². The Hall–Kier alpha value is -2.52. The Morgan fingerprint density at radius 2 is 1.97 bits per heavy atom. The molecule has 2 amide bonds. The van der Waals surface area contributed by atoms with E-state index in [1.165, 1.54) is 28.0 Å². The van der Waals surface area contributed by atoms with Crippen molar-refractivity contribution in [2.75, 3.05) is 11.9 Å². The minimum absolute atomic E-state index is 0.129. The molecule has 0 bridgehead atoms. The summed E-state index contributed by atoms with van der Waals surface area (Å²) in [7, 11) is 0. The van der Waals surface area contributed by atoms with Gasteiger partial charge in [-0.2, -0.15) is 0 Å². The number of anilines is 1. The van der Waals surface area contributed by atoms with Gasteiger partial charge in [0.25, 0.3) is 5.91 Å². The first kappa shape index (κ1) is 23.6. The monoisotopic (exact) mass is 513 g/mol. The molecule has 0 atom stereocenters. The lowest BCUT2D eigenvalue weighted by Crippen LogP contribution is -2.31. The third-order valence-electron chi connectivity index (χ3n) is 4.93. The second kappa shape index (κ2) is 10.6. The van der Waals surface area contributed by atoms with Crippen molar-refractivity contribution in [3.8, 4) is 0 Å². The zero-order chi connectivity index (χ0) is 23.4. The Morgan fingerprint density at radius 1 is 1.21 bits per heavy atom. The topological polar surface area (TPSA) is 62.3 Å². The fourth-order valence-corrected chi connectivity index (χ4v) is 5.54. The number of aryl methyl sites for hydroxylation is 1. The van der Waals surface area contributed by atoms with Crippen LogP contribution in [-0.4, -0.2) is 32.6 Å². The first-order valence-corrected chi connectivity index (χ1v) is 12.6. The smallest absolute Gasteiger partial charge is 0.266 e. The Kier molecular flexibility index (Phi) is 7.60. The van der Waals surface area contributed by atoms with Crippen molar-refractivity contribution >= 4 is 74.3 Å². The van der Waals surface area contributed by atoms with E-state index in [4.69, 9.17) is 23.8 Å². The molecule has 1 N–H and O–H groups in total. The summed E-state index contributed by atoms with van der Waals surface area (Å²) in [5, 5.41) is 4.03. The predicted molar refractivity (Wildman–Crippen MR) is 141 cm³/mol. The second-order valence-electron chi connectivity index (χ2n) is 7.44. The highest BCUT2D eigenvalue weighted by molar-refractivity contribution is 8.26. The quantitative estimate of drug-likeness (QED) is 0.313. The molecule has 3 aromatic rings. The number of amides is 2. The molecule has 0 radical (unpaired) electrons. The van der Waals surface area contributed by atoms with Gasteiger partial charge in [0.15, 0.2) is 5.13 Å². The van der Waals surface area contributed by atoms with E-state index >= 15 is 0 Å². The molecule has 33 heavy (non-hydrogen) atoms. The normalized spacial score (nSPS) is 14.8. The molecule has 1 saturated heterocycles. The first-order chi connectivity index (χ1) is 15.9. The first-order valence-electron chi connectivity index (χ1n) is 10.2. The Labute approximate surface area is 210 Å². The molecule has 2 aromatic carbocycles. The number of hydrogen-bond donors (Lipinski definition) is 1. The number of hydrogen-bond acceptors (Lipinski definition) is 6. The van der Waals surface area contributed by atoms with Crippen molar-refractivity contribution < 1.29 is 9.59 Å². The largest absolute Gasteiger partial charge is 0.302 e. The van der Waals surface area contributed by atoms with E-state index in [1.54, 1.807) is 6.20 Å². The molecule has 1 aromatic heterocycles. The lowest BCUT2D eigenvalue weighted by atomic mass is 10.1. The molecule has 0 aliphatic carbocycles. The standard InChI is InChI=1S/C24H20ClN3O2S3/c1-15-6-8-16(9-7-15)12-20-22(30)28(24(31)33-20)11-10-21(29)27-23-26-14-18(32-23)13-17-4-2-3-5-19(17)25/h2-9,12,14H,10-11,13H2,1H3,(H,26,27,29)/b20-12-. The summed E-state index contributed by atoms with van der Waals surface area (Å²) in [5.41, 5.74) is 3.10. The third kappa shape index (κ3) is 6.09. The van der Waals surface area contributed by atoms with Gasteiger partial charge in [-0.1, -0.05) is 83.6 Å². The number of aromatic nitrogens is 1. The van der Waals surface area contributed by atoms with Crippen LogP contribution in [0.15, 0.2) is 59.6 Å². The number of rotatable bonds is 7. The summed E-state index contributed by atoms with van der Waals surface area (Å²) in [5.74, 6) is -0.389. The number of carbonyl (C=O) groups is 2. The van der Waals surface area contributed by atoms with E-state index in [-0.39, 0.29) is 24.8 Å². The maximum atomic E-state index is 12.8. The highest BCUT2D eigenvalue weighted by atomic mass is 35.5. The van der Waals surface area contributed by atoms with Gasteiger partial charge in [0.2, 0.25) is 5.91 Å². The molecule has 1 aliphatic rings. The van der Waals surface area contributed by atoms with Crippen LogP contribution in [-0.2, 0) is 16.0 Å². The van der Waals surface area contributed by atoms with Crippen molar-refractivity contribution in [3.05, 3.63) is 86.2 Å². The molecule has 4 rings (SSSR count). The Morgan fingerprint density at radius 3 is 2.73 bits per heavy atom. The number of halogens is 1. The summed E-state index contributed by atoms with van der Waals surface area (Å²) < 4.78 is 0.461. The number of benzene rings is 2. The molecule has 5 nitrogen and oxygen atoms in total. The number of thiocarbonyl (C=S) groups is 1. The number of carbonyl (C=O) groups excluding carboxylic acids is 2. The SMILES string of the molecule is Cc1ccc(/C=C2\SC(=S)N(CCC(=O)Nc3ncc(Cc4ccccc4Cl)s3)C2=O)cc1. The molecule has 0 unspecified atom stereocenters.